The molecule has 1 amide bonds. The van der Waals surface area contributed by atoms with E-state index in [1.807, 2.05) is 19.9 Å². The molecule has 0 radical (unpaired) electrons. The molecule has 1 rings (SSSR count). The van der Waals surface area contributed by atoms with Gasteiger partial charge in [0.1, 0.15) is 5.69 Å². The molecular weight excluding hydrogens is 176 g/mol. The predicted molar refractivity (Wildman–Crippen MR) is 49.5 cm³/mol. The fraction of sp³-hybridized carbons (Fsp3) is 0.250. The van der Waals surface area contributed by atoms with Crippen LogP contribution in [0.25, 0.3) is 0 Å². The van der Waals surface area contributed by atoms with E-state index in [1.165, 1.54) is 0 Å². The molecule has 12 heavy (non-hydrogen) atoms. The van der Waals surface area contributed by atoms with Crippen LogP contribution in [0.15, 0.2) is 12.3 Å². The monoisotopic (exact) mass is 186 g/mol. The number of aryl methyl sites for hydroxylation is 1. The molecule has 1 heterocycles. The van der Waals surface area contributed by atoms with E-state index in [0.717, 1.165) is 11.1 Å². The van der Waals surface area contributed by atoms with Crippen LogP contribution in [0.4, 0.5) is 0 Å². The van der Waals surface area contributed by atoms with Gasteiger partial charge < -0.3 is 5.73 Å². The molecule has 0 spiro atoms. The van der Waals surface area contributed by atoms with Gasteiger partial charge in [-0.15, -0.1) is 12.4 Å². The van der Waals surface area contributed by atoms with Crippen LogP contribution in [0.3, 0.4) is 0 Å². The summed E-state index contributed by atoms with van der Waals surface area (Å²) in [5.41, 5.74) is 7.34. The highest BCUT2D eigenvalue weighted by atomic mass is 35.5. The minimum atomic E-state index is -0.466. The number of hydrogen-bond acceptors (Lipinski definition) is 2. The topological polar surface area (TPSA) is 56.0 Å². The molecule has 0 saturated heterocycles. The first-order valence-electron chi connectivity index (χ1n) is 3.35. The van der Waals surface area contributed by atoms with Crippen molar-refractivity contribution in [2.75, 3.05) is 0 Å². The van der Waals surface area contributed by atoms with Gasteiger partial charge in [0.15, 0.2) is 0 Å². The second kappa shape index (κ2) is 4.07. The molecule has 2 N–H and O–H groups in total. The Hall–Kier alpha value is -1.09. The van der Waals surface area contributed by atoms with E-state index >= 15 is 0 Å². The quantitative estimate of drug-likeness (QED) is 0.717. The van der Waals surface area contributed by atoms with Gasteiger partial charge in [0, 0.05) is 6.20 Å². The molecule has 0 atom stereocenters. The summed E-state index contributed by atoms with van der Waals surface area (Å²) in [6.07, 6.45) is 1.59. The van der Waals surface area contributed by atoms with Gasteiger partial charge >= 0.3 is 0 Å². The highest BCUT2D eigenvalue weighted by molar-refractivity contribution is 5.92. The van der Waals surface area contributed by atoms with E-state index in [2.05, 4.69) is 4.98 Å². The number of rotatable bonds is 1. The number of primary amides is 1. The smallest absolute Gasteiger partial charge is 0.267 e. The maximum Gasteiger partial charge on any atom is 0.267 e. The summed E-state index contributed by atoms with van der Waals surface area (Å²) < 4.78 is 0. The predicted octanol–water partition coefficient (Wildman–Crippen LogP) is 1.22. The Balaban J connectivity index is 0.00000121. The zero-order valence-electron chi connectivity index (χ0n) is 7.00. The van der Waals surface area contributed by atoms with Crippen molar-refractivity contribution in [1.82, 2.24) is 4.98 Å². The Bertz CT molecular complexity index is 299. The number of nitrogens with two attached hydrogens (primary N) is 1. The molecule has 0 aliphatic carbocycles. The lowest BCUT2D eigenvalue weighted by molar-refractivity contribution is 0.0995. The number of aromatic nitrogens is 1. The summed E-state index contributed by atoms with van der Waals surface area (Å²) >= 11 is 0. The Kier molecular flexibility index (Phi) is 3.70. The van der Waals surface area contributed by atoms with Crippen molar-refractivity contribution in [2.45, 2.75) is 13.8 Å². The van der Waals surface area contributed by atoms with Crippen LogP contribution in [0.2, 0.25) is 0 Å². The Morgan fingerprint density at radius 3 is 2.50 bits per heavy atom. The first-order chi connectivity index (χ1) is 5.13. The van der Waals surface area contributed by atoms with Crippen molar-refractivity contribution in [3.8, 4) is 0 Å². The molecule has 0 aromatic carbocycles. The van der Waals surface area contributed by atoms with Gasteiger partial charge in [0.05, 0.1) is 0 Å². The standard InChI is InChI=1S/C8H10N2O.ClH/c1-5-3-4-10-7(6(5)2)8(9)11;/h3-4H,1-2H3,(H2,9,11);1H. The van der Waals surface area contributed by atoms with E-state index < -0.39 is 5.91 Å². The summed E-state index contributed by atoms with van der Waals surface area (Å²) in [7, 11) is 0. The molecule has 4 heteroatoms. The van der Waals surface area contributed by atoms with Gasteiger partial charge in [0.25, 0.3) is 5.91 Å². The van der Waals surface area contributed by atoms with Crippen LogP contribution in [-0.4, -0.2) is 10.9 Å². The third-order valence-electron chi connectivity index (χ3n) is 1.71. The fourth-order valence-corrected chi connectivity index (χ4v) is 0.881. The third-order valence-corrected chi connectivity index (χ3v) is 1.71. The molecule has 0 saturated carbocycles. The minimum Gasteiger partial charge on any atom is -0.364 e. The van der Waals surface area contributed by atoms with Crippen molar-refractivity contribution < 1.29 is 4.79 Å². The number of carbonyl (C=O) groups is 1. The summed E-state index contributed by atoms with van der Waals surface area (Å²) in [5.74, 6) is -0.466. The molecule has 1 aromatic heterocycles. The average molecular weight is 187 g/mol. The first kappa shape index (κ1) is 10.9. The summed E-state index contributed by atoms with van der Waals surface area (Å²) in [5, 5.41) is 0. The second-order valence-corrected chi connectivity index (χ2v) is 2.47. The maximum absolute atomic E-state index is 10.7. The van der Waals surface area contributed by atoms with Crippen LogP contribution < -0.4 is 5.73 Å². The number of halogens is 1. The third kappa shape index (κ3) is 1.95. The summed E-state index contributed by atoms with van der Waals surface area (Å²) in [6, 6.07) is 1.85. The van der Waals surface area contributed by atoms with Gasteiger partial charge in [-0.1, -0.05) is 0 Å². The lowest BCUT2D eigenvalue weighted by Gasteiger charge is -2.01. The zero-order valence-corrected chi connectivity index (χ0v) is 7.81. The molecular formula is C8H11ClN2O. The molecule has 0 fully saturated rings. The van der Waals surface area contributed by atoms with E-state index in [9.17, 15) is 4.79 Å². The van der Waals surface area contributed by atoms with Crippen molar-refractivity contribution in [3.05, 3.63) is 29.1 Å². The van der Waals surface area contributed by atoms with Crippen LogP contribution in [0.5, 0.6) is 0 Å². The lowest BCUT2D eigenvalue weighted by Crippen LogP contribution is -2.15. The van der Waals surface area contributed by atoms with Gasteiger partial charge in [0.2, 0.25) is 0 Å². The number of carbonyl (C=O) groups excluding carboxylic acids is 1. The number of hydrogen-bond donors (Lipinski definition) is 1. The highest BCUT2D eigenvalue weighted by Crippen LogP contribution is 2.08. The Morgan fingerprint density at radius 1 is 1.50 bits per heavy atom. The lowest BCUT2D eigenvalue weighted by atomic mass is 10.1. The SMILES string of the molecule is Cc1ccnc(C(N)=O)c1C.Cl. The minimum absolute atomic E-state index is 0. The molecule has 0 unspecified atom stereocenters. The van der Waals surface area contributed by atoms with E-state index in [-0.39, 0.29) is 12.4 Å². The van der Waals surface area contributed by atoms with Crippen molar-refractivity contribution in [3.63, 3.8) is 0 Å². The zero-order chi connectivity index (χ0) is 8.43. The fourth-order valence-electron chi connectivity index (χ4n) is 0.881. The van der Waals surface area contributed by atoms with Gasteiger partial charge in [-0.3, -0.25) is 9.78 Å². The van der Waals surface area contributed by atoms with Gasteiger partial charge in [-0.25, -0.2) is 0 Å². The van der Waals surface area contributed by atoms with E-state index in [0.29, 0.717) is 5.69 Å². The molecule has 1 aromatic rings. The molecule has 0 aliphatic rings. The van der Waals surface area contributed by atoms with E-state index in [1.54, 1.807) is 6.20 Å². The molecule has 3 nitrogen and oxygen atoms in total. The van der Waals surface area contributed by atoms with Crippen molar-refractivity contribution in [2.24, 2.45) is 5.73 Å². The van der Waals surface area contributed by atoms with Crippen LogP contribution >= 0.6 is 12.4 Å². The maximum atomic E-state index is 10.7. The van der Waals surface area contributed by atoms with E-state index in [4.69, 9.17) is 5.73 Å². The average Bonchev–Trinajstić information content (AvgIpc) is 1.94. The Morgan fingerprint density at radius 2 is 2.08 bits per heavy atom. The Labute approximate surface area is 77.4 Å². The van der Waals surface area contributed by atoms with Gasteiger partial charge in [-0.05, 0) is 31.0 Å². The second-order valence-electron chi connectivity index (χ2n) is 2.47. The summed E-state index contributed by atoms with van der Waals surface area (Å²) in [4.78, 5) is 14.6. The highest BCUT2D eigenvalue weighted by Gasteiger charge is 2.06. The van der Waals surface area contributed by atoms with Crippen molar-refractivity contribution >= 4 is 18.3 Å². The van der Waals surface area contributed by atoms with Crippen LogP contribution in [0, 0.1) is 13.8 Å². The molecule has 66 valence electrons. The van der Waals surface area contributed by atoms with Crippen LogP contribution in [0.1, 0.15) is 21.6 Å². The number of nitrogens with zero attached hydrogens (tertiary/aromatic N) is 1. The number of amides is 1. The largest absolute Gasteiger partial charge is 0.364 e. The van der Waals surface area contributed by atoms with Gasteiger partial charge in [-0.2, -0.15) is 0 Å². The number of pyridine rings is 1. The summed E-state index contributed by atoms with van der Waals surface area (Å²) in [6.45, 7) is 3.76. The normalized spacial score (nSPS) is 8.83. The van der Waals surface area contributed by atoms with Crippen LogP contribution in [-0.2, 0) is 0 Å². The van der Waals surface area contributed by atoms with Crippen molar-refractivity contribution in [1.29, 1.82) is 0 Å². The first-order valence-corrected chi connectivity index (χ1v) is 3.35. The molecule has 0 aliphatic heterocycles. The molecule has 0 bridgehead atoms.